The van der Waals surface area contributed by atoms with Crippen molar-refractivity contribution < 1.29 is 9.84 Å². The largest absolute Gasteiger partial charge is 0.389 e. The molecular weight excluding hydrogens is 202 g/mol. The van der Waals surface area contributed by atoms with Gasteiger partial charge in [-0.3, -0.25) is 0 Å². The first-order valence-electron chi connectivity index (χ1n) is 5.60. The van der Waals surface area contributed by atoms with Crippen LogP contribution < -0.4 is 5.32 Å². The molecule has 2 N–H and O–H groups in total. The molecule has 1 aromatic carbocycles. The number of methoxy groups -OCH3 is 1. The first-order valence-corrected chi connectivity index (χ1v) is 5.60. The van der Waals surface area contributed by atoms with E-state index in [1.165, 1.54) is 11.1 Å². The molecule has 0 saturated heterocycles. The number of rotatable bonds is 6. The van der Waals surface area contributed by atoms with E-state index in [9.17, 15) is 5.11 Å². The predicted molar refractivity (Wildman–Crippen MR) is 65.5 cm³/mol. The minimum Gasteiger partial charge on any atom is -0.389 e. The maximum Gasteiger partial charge on any atom is 0.0897 e. The molecule has 0 aliphatic rings. The Morgan fingerprint density at radius 1 is 1.44 bits per heavy atom. The molecule has 3 heteroatoms. The molecule has 0 heterocycles. The molecule has 0 aromatic heterocycles. The highest BCUT2D eigenvalue weighted by Gasteiger charge is 2.08. The predicted octanol–water partition coefficient (Wildman–Crippen LogP) is 1.65. The average molecular weight is 223 g/mol. The molecule has 1 rings (SSSR count). The summed E-state index contributed by atoms with van der Waals surface area (Å²) in [6, 6.07) is 8.62. The standard InChI is InChI=1S/C13H21NO2/c1-10-5-4-6-12(7-10)11(2)14-8-13(15)9-16-3/h4-7,11,13-15H,8-9H2,1-3H3/t11-,13?/m1/s1. The van der Waals surface area contributed by atoms with Gasteiger partial charge in [-0.25, -0.2) is 0 Å². The van der Waals surface area contributed by atoms with E-state index in [4.69, 9.17) is 4.74 Å². The molecule has 3 nitrogen and oxygen atoms in total. The van der Waals surface area contributed by atoms with Crippen LogP contribution in [0.25, 0.3) is 0 Å². The van der Waals surface area contributed by atoms with Gasteiger partial charge >= 0.3 is 0 Å². The molecular formula is C13H21NO2. The molecule has 1 unspecified atom stereocenters. The third kappa shape index (κ3) is 4.31. The van der Waals surface area contributed by atoms with Crippen LogP contribution in [0.1, 0.15) is 24.1 Å². The Balaban J connectivity index is 2.43. The summed E-state index contributed by atoms with van der Waals surface area (Å²) in [5.41, 5.74) is 2.49. The normalized spacial score (nSPS) is 14.8. The van der Waals surface area contributed by atoms with Crippen molar-refractivity contribution in [2.24, 2.45) is 0 Å². The highest BCUT2D eigenvalue weighted by molar-refractivity contribution is 5.24. The Hall–Kier alpha value is -0.900. The first kappa shape index (κ1) is 13.2. The summed E-state index contributed by atoms with van der Waals surface area (Å²) in [6.07, 6.45) is -0.447. The topological polar surface area (TPSA) is 41.5 Å². The quantitative estimate of drug-likeness (QED) is 0.770. The van der Waals surface area contributed by atoms with Gasteiger partial charge in [0.05, 0.1) is 12.7 Å². The Labute approximate surface area is 97.4 Å². The first-order chi connectivity index (χ1) is 7.63. The van der Waals surface area contributed by atoms with Gasteiger partial charge < -0.3 is 15.2 Å². The molecule has 2 atom stereocenters. The lowest BCUT2D eigenvalue weighted by atomic mass is 10.1. The van der Waals surface area contributed by atoms with E-state index in [0.717, 1.165) is 0 Å². The minimum atomic E-state index is -0.447. The summed E-state index contributed by atoms with van der Waals surface area (Å²) in [7, 11) is 1.59. The Bertz CT molecular complexity index is 315. The lowest BCUT2D eigenvalue weighted by Crippen LogP contribution is -2.31. The van der Waals surface area contributed by atoms with Crippen molar-refractivity contribution in [3.05, 3.63) is 35.4 Å². The van der Waals surface area contributed by atoms with E-state index in [-0.39, 0.29) is 6.04 Å². The summed E-state index contributed by atoms with van der Waals surface area (Å²) in [5.74, 6) is 0. The van der Waals surface area contributed by atoms with E-state index in [2.05, 4.69) is 43.4 Å². The molecule has 0 saturated carbocycles. The molecule has 16 heavy (non-hydrogen) atoms. The fourth-order valence-electron chi connectivity index (χ4n) is 1.62. The highest BCUT2D eigenvalue weighted by Crippen LogP contribution is 2.13. The molecule has 0 amide bonds. The van der Waals surface area contributed by atoms with Gasteiger partial charge in [-0.2, -0.15) is 0 Å². The van der Waals surface area contributed by atoms with Crippen molar-refractivity contribution in [2.45, 2.75) is 26.0 Å². The summed E-state index contributed by atoms with van der Waals surface area (Å²) in [6.45, 7) is 5.08. The van der Waals surface area contributed by atoms with Crippen LogP contribution in [0, 0.1) is 6.92 Å². The number of ether oxygens (including phenoxy) is 1. The molecule has 0 radical (unpaired) electrons. The van der Waals surface area contributed by atoms with Crippen LogP contribution in [-0.2, 0) is 4.74 Å². The van der Waals surface area contributed by atoms with E-state index >= 15 is 0 Å². The second-order valence-electron chi connectivity index (χ2n) is 4.15. The SMILES string of the molecule is COCC(O)CN[C@H](C)c1cccc(C)c1. The Morgan fingerprint density at radius 3 is 2.81 bits per heavy atom. The molecule has 0 fully saturated rings. The molecule has 0 bridgehead atoms. The summed E-state index contributed by atoms with van der Waals surface area (Å²) in [4.78, 5) is 0. The molecule has 1 aromatic rings. The number of aliphatic hydroxyl groups excluding tert-OH is 1. The van der Waals surface area contributed by atoms with Crippen molar-refractivity contribution in [3.63, 3.8) is 0 Å². The molecule has 0 aliphatic carbocycles. The van der Waals surface area contributed by atoms with Crippen LogP contribution in [0.5, 0.6) is 0 Å². The van der Waals surface area contributed by atoms with E-state index < -0.39 is 6.10 Å². The lowest BCUT2D eigenvalue weighted by Gasteiger charge is -2.17. The van der Waals surface area contributed by atoms with Crippen molar-refractivity contribution in [1.82, 2.24) is 5.32 Å². The van der Waals surface area contributed by atoms with E-state index in [1.54, 1.807) is 7.11 Å². The zero-order valence-electron chi connectivity index (χ0n) is 10.2. The summed E-state index contributed by atoms with van der Waals surface area (Å²) in [5, 5.41) is 12.8. The van der Waals surface area contributed by atoms with E-state index in [0.29, 0.717) is 13.2 Å². The fraction of sp³-hybridized carbons (Fsp3) is 0.538. The van der Waals surface area contributed by atoms with Crippen molar-refractivity contribution >= 4 is 0 Å². The van der Waals surface area contributed by atoms with Crippen LogP contribution in [0.3, 0.4) is 0 Å². The Kier molecular flexibility index (Phi) is 5.46. The highest BCUT2D eigenvalue weighted by atomic mass is 16.5. The number of hydrogen-bond acceptors (Lipinski definition) is 3. The molecule has 0 aliphatic heterocycles. The van der Waals surface area contributed by atoms with Gasteiger partial charge in [0, 0.05) is 19.7 Å². The number of benzene rings is 1. The third-order valence-corrected chi connectivity index (χ3v) is 2.56. The van der Waals surface area contributed by atoms with Gasteiger partial charge in [0.2, 0.25) is 0 Å². The summed E-state index contributed by atoms with van der Waals surface area (Å²) < 4.78 is 4.87. The van der Waals surface area contributed by atoms with Gasteiger partial charge in [-0.1, -0.05) is 29.8 Å². The van der Waals surface area contributed by atoms with Gasteiger partial charge in [-0.15, -0.1) is 0 Å². The van der Waals surface area contributed by atoms with Crippen LogP contribution in [-0.4, -0.2) is 31.5 Å². The Morgan fingerprint density at radius 2 is 2.19 bits per heavy atom. The zero-order valence-corrected chi connectivity index (χ0v) is 10.2. The molecule has 90 valence electrons. The number of nitrogens with one attached hydrogen (secondary N) is 1. The smallest absolute Gasteiger partial charge is 0.0897 e. The van der Waals surface area contributed by atoms with Gasteiger partial charge in [0.25, 0.3) is 0 Å². The van der Waals surface area contributed by atoms with Gasteiger partial charge in [-0.05, 0) is 19.4 Å². The van der Waals surface area contributed by atoms with Crippen LogP contribution in [0.4, 0.5) is 0 Å². The second kappa shape index (κ2) is 6.63. The van der Waals surface area contributed by atoms with Crippen LogP contribution in [0.2, 0.25) is 0 Å². The second-order valence-corrected chi connectivity index (χ2v) is 4.15. The van der Waals surface area contributed by atoms with Crippen molar-refractivity contribution in [3.8, 4) is 0 Å². The van der Waals surface area contributed by atoms with Crippen molar-refractivity contribution in [2.75, 3.05) is 20.3 Å². The fourth-order valence-corrected chi connectivity index (χ4v) is 1.62. The summed E-state index contributed by atoms with van der Waals surface area (Å²) >= 11 is 0. The van der Waals surface area contributed by atoms with Crippen molar-refractivity contribution in [1.29, 1.82) is 0 Å². The minimum absolute atomic E-state index is 0.242. The number of aryl methyl sites for hydroxylation is 1. The van der Waals surface area contributed by atoms with Gasteiger partial charge in [0.15, 0.2) is 0 Å². The molecule has 0 spiro atoms. The monoisotopic (exact) mass is 223 g/mol. The maximum atomic E-state index is 9.51. The van der Waals surface area contributed by atoms with Crippen LogP contribution in [0.15, 0.2) is 24.3 Å². The average Bonchev–Trinajstić information content (AvgIpc) is 2.26. The van der Waals surface area contributed by atoms with Crippen LogP contribution >= 0.6 is 0 Å². The van der Waals surface area contributed by atoms with Gasteiger partial charge in [0.1, 0.15) is 0 Å². The number of aliphatic hydroxyl groups is 1. The lowest BCUT2D eigenvalue weighted by molar-refractivity contribution is 0.0630. The maximum absolute atomic E-state index is 9.51. The third-order valence-electron chi connectivity index (χ3n) is 2.56. The number of hydrogen-bond donors (Lipinski definition) is 2. The van der Waals surface area contributed by atoms with E-state index in [1.807, 2.05) is 0 Å². The zero-order chi connectivity index (χ0) is 12.0.